The molecule has 1 fully saturated rings. The molecule has 0 radical (unpaired) electrons. The van der Waals surface area contributed by atoms with Gasteiger partial charge in [-0.15, -0.1) is 0 Å². The van der Waals surface area contributed by atoms with Gasteiger partial charge in [0.05, 0.1) is 5.02 Å². The molecule has 116 valence electrons. The highest BCUT2D eigenvalue weighted by atomic mass is 35.5. The maximum absolute atomic E-state index is 12.4. The van der Waals surface area contributed by atoms with Gasteiger partial charge in [-0.05, 0) is 51.1 Å². The lowest BCUT2D eigenvalue weighted by Gasteiger charge is -2.22. The molecule has 1 amide bonds. The average Bonchev–Trinajstić information content (AvgIpc) is 2.90. The molecule has 1 aliphatic heterocycles. The van der Waals surface area contributed by atoms with Crippen molar-refractivity contribution in [2.45, 2.75) is 19.4 Å². The first-order valence-electron chi connectivity index (χ1n) is 7.06. The van der Waals surface area contributed by atoms with Gasteiger partial charge in [0.1, 0.15) is 5.75 Å². The molecule has 1 N–H and O–H groups in total. The molecule has 1 aromatic carbocycles. The van der Waals surface area contributed by atoms with Crippen LogP contribution < -0.4 is 10.1 Å². The Hall–Kier alpha value is -0.970. The molecule has 1 aromatic rings. The highest BCUT2D eigenvalue weighted by Gasteiger charge is 2.29. The van der Waals surface area contributed by atoms with E-state index in [0.717, 1.165) is 26.1 Å². The first kappa shape index (κ1) is 16.4. The Labute approximate surface area is 135 Å². The van der Waals surface area contributed by atoms with Crippen LogP contribution in [0.25, 0.3) is 0 Å². The molecule has 2 atom stereocenters. The molecule has 0 aliphatic carbocycles. The van der Waals surface area contributed by atoms with Crippen LogP contribution in [-0.2, 0) is 4.79 Å². The van der Waals surface area contributed by atoms with Crippen molar-refractivity contribution in [3.8, 4) is 5.75 Å². The van der Waals surface area contributed by atoms with Gasteiger partial charge in [-0.25, -0.2) is 0 Å². The van der Waals surface area contributed by atoms with Crippen molar-refractivity contribution in [2.24, 2.45) is 5.92 Å². The molecule has 0 spiro atoms. The third kappa shape index (κ3) is 4.25. The Bertz CT molecular complexity index is 510. The van der Waals surface area contributed by atoms with E-state index in [2.05, 4.69) is 5.32 Å². The van der Waals surface area contributed by atoms with Crippen LogP contribution in [0.15, 0.2) is 18.2 Å². The zero-order valence-corrected chi connectivity index (χ0v) is 13.7. The summed E-state index contributed by atoms with van der Waals surface area (Å²) in [6, 6.07) is 4.98. The third-order valence-corrected chi connectivity index (χ3v) is 4.17. The van der Waals surface area contributed by atoms with Gasteiger partial charge in [0.15, 0.2) is 6.10 Å². The molecule has 4 nitrogen and oxygen atoms in total. The summed E-state index contributed by atoms with van der Waals surface area (Å²) in [6.45, 7) is 4.25. The van der Waals surface area contributed by atoms with Crippen LogP contribution in [0.2, 0.25) is 10.0 Å². The number of rotatable bonds is 5. The fraction of sp³-hybridized carbons (Fsp3) is 0.533. The number of carbonyl (C=O) groups excluding carboxylic acids is 1. The fourth-order valence-corrected chi connectivity index (χ4v) is 3.01. The number of benzene rings is 1. The number of nitrogens with one attached hydrogen (secondary N) is 1. The van der Waals surface area contributed by atoms with Gasteiger partial charge >= 0.3 is 0 Å². The van der Waals surface area contributed by atoms with Crippen molar-refractivity contribution in [1.29, 1.82) is 0 Å². The topological polar surface area (TPSA) is 41.6 Å². The number of amides is 1. The van der Waals surface area contributed by atoms with Gasteiger partial charge < -0.3 is 15.0 Å². The van der Waals surface area contributed by atoms with Crippen LogP contribution in [0.4, 0.5) is 0 Å². The van der Waals surface area contributed by atoms with Gasteiger partial charge in [0.2, 0.25) is 0 Å². The van der Waals surface area contributed by atoms with Crippen molar-refractivity contribution in [1.82, 2.24) is 10.2 Å². The molecule has 1 heterocycles. The summed E-state index contributed by atoms with van der Waals surface area (Å²) in [5, 5.41) is 4.11. The summed E-state index contributed by atoms with van der Waals surface area (Å²) in [5.41, 5.74) is 0. The van der Waals surface area contributed by atoms with Crippen molar-refractivity contribution >= 4 is 29.1 Å². The standard InChI is InChI=1S/C15H20Cl2N2O2/c1-10(21-14-4-3-12(16)7-13(14)17)15(20)19-6-5-11(9-19)8-18-2/h3-4,7,10-11,18H,5-6,8-9H2,1-2H3/t10-,11+/m0/s1. The van der Waals surface area contributed by atoms with Crippen molar-refractivity contribution in [3.05, 3.63) is 28.2 Å². The van der Waals surface area contributed by atoms with Crippen LogP contribution in [0, 0.1) is 5.92 Å². The van der Waals surface area contributed by atoms with E-state index < -0.39 is 6.10 Å². The Morgan fingerprint density at radius 1 is 1.52 bits per heavy atom. The highest BCUT2D eigenvalue weighted by molar-refractivity contribution is 6.35. The van der Waals surface area contributed by atoms with Crippen LogP contribution in [0.3, 0.4) is 0 Å². The van der Waals surface area contributed by atoms with Crippen LogP contribution in [0.5, 0.6) is 5.75 Å². The summed E-state index contributed by atoms with van der Waals surface area (Å²) in [4.78, 5) is 14.2. The number of hydrogen-bond acceptors (Lipinski definition) is 3. The fourth-order valence-electron chi connectivity index (χ4n) is 2.56. The lowest BCUT2D eigenvalue weighted by Crippen LogP contribution is -2.39. The molecule has 0 saturated carbocycles. The third-order valence-electron chi connectivity index (χ3n) is 3.64. The maximum Gasteiger partial charge on any atom is 0.263 e. The molecular formula is C15H20Cl2N2O2. The first-order valence-corrected chi connectivity index (χ1v) is 7.82. The molecule has 0 unspecified atom stereocenters. The van der Waals surface area contributed by atoms with Crippen molar-refractivity contribution in [3.63, 3.8) is 0 Å². The lowest BCUT2D eigenvalue weighted by atomic mass is 10.1. The van der Waals surface area contributed by atoms with Crippen molar-refractivity contribution < 1.29 is 9.53 Å². The largest absolute Gasteiger partial charge is 0.479 e. The molecule has 21 heavy (non-hydrogen) atoms. The quantitative estimate of drug-likeness (QED) is 0.902. The normalized spacial score (nSPS) is 19.6. The summed E-state index contributed by atoms with van der Waals surface area (Å²) in [6.07, 6.45) is 0.470. The number of carbonyl (C=O) groups is 1. The van der Waals surface area contributed by atoms with E-state index in [9.17, 15) is 4.79 Å². The lowest BCUT2D eigenvalue weighted by molar-refractivity contribution is -0.136. The van der Waals surface area contributed by atoms with E-state index in [0.29, 0.717) is 21.7 Å². The summed E-state index contributed by atoms with van der Waals surface area (Å²) >= 11 is 11.9. The second kappa shape index (κ2) is 7.34. The minimum Gasteiger partial charge on any atom is -0.479 e. The maximum atomic E-state index is 12.4. The van der Waals surface area contributed by atoms with Crippen molar-refractivity contribution in [2.75, 3.05) is 26.7 Å². The summed E-state index contributed by atoms with van der Waals surface area (Å²) in [7, 11) is 1.93. The zero-order valence-electron chi connectivity index (χ0n) is 12.2. The number of halogens is 2. The average molecular weight is 331 g/mol. The molecule has 2 rings (SSSR count). The minimum absolute atomic E-state index is 0.000352. The van der Waals surface area contributed by atoms with Crippen LogP contribution in [0.1, 0.15) is 13.3 Å². The monoisotopic (exact) mass is 330 g/mol. The van der Waals surface area contributed by atoms with Gasteiger partial charge in [-0.3, -0.25) is 4.79 Å². The second-order valence-corrected chi connectivity index (χ2v) is 6.18. The Kier molecular flexibility index (Phi) is 5.73. The predicted molar refractivity (Wildman–Crippen MR) is 85.2 cm³/mol. The zero-order chi connectivity index (χ0) is 15.4. The SMILES string of the molecule is CNC[C@H]1CCN(C(=O)[C@H](C)Oc2ccc(Cl)cc2Cl)C1. The number of nitrogens with zero attached hydrogens (tertiary/aromatic N) is 1. The Morgan fingerprint density at radius 3 is 2.95 bits per heavy atom. The molecule has 1 saturated heterocycles. The minimum atomic E-state index is -0.558. The van der Waals surface area contributed by atoms with Gasteiger partial charge in [-0.2, -0.15) is 0 Å². The highest BCUT2D eigenvalue weighted by Crippen LogP contribution is 2.28. The van der Waals surface area contributed by atoms with Gasteiger partial charge in [-0.1, -0.05) is 23.2 Å². The van der Waals surface area contributed by atoms with Gasteiger partial charge in [0.25, 0.3) is 5.91 Å². The van der Waals surface area contributed by atoms with E-state index in [1.54, 1.807) is 25.1 Å². The van der Waals surface area contributed by atoms with E-state index >= 15 is 0 Å². The first-order chi connectivity index (χ1) is 10.0. The number of likely N-dealkylation sites (tertiary alicyclic amines) is 1. The van der Waals surface area contributed by atoms with Crippen LogP contribution in [-0.4, -0.2) is 43.6 Å². The number of ether oxygens (including phenoxy) is 1. The molecular weight excluding hydrogens is 311 g/mol. The Morgan fingerprint density at radius 2 is 2.29 bits per heavy atom. The molecule has 6 heteroatoms. The van der Waals surface area contributed by atoms with E-state index in [1.807, 2.05) is 11.9 Å². The summed E-state index contributed by atoms with van der Waals surface area (Å²) in [5.74, 6) is 0.998. The smallest absolute Gasteiger partial charge is 0.263 e. The van der Waals surface area contributed by atoms with Crippen LogP contribution >= 0.6 is 23.2 Å². The number of hydrogen-bond donors (Lipinski definition) is 1. The molecule has 0 bridgehead atoms. The van der Waals surface area contributed by atoms with E-state index in [4.69, 9.17) is 27.9 Å². The summed E-state index contributed by atoms with van der Waals surface area (Å²) < 4.78 is 5.67. The van der Waals surface area contributed by atoms with Gasteiger partial charge in [0, 0.05) is 18.1 Å². The second-order valence-electron chi connectivity index (χ2n) is 5.33. The predicted octanol–water partition coefficient (Wildman–Crippen LogP) is 2.83. The molecule has 0 aromatic heterocycles. The van der Waals surface area contributed by atoms with E-state index in [1.165, 1.54) is 0 Å². The molecule has 1 aliphatic rings. The Balaban J connectivity index is 1.94. The van der Waals surface area contributed by atoms with E-state index in [-0.39, 0.29) is 5.91 Å².